The Morgan fingerprint density at radius 1 is 1.57 bits per heavy atom. The van der Waals surface area contributed by atoms with Gasteiger partial charge in [0.05, 0.1) is 5.92 Å². The Hall–Kier alpha value is -0.900. The molecule has 0 aromatic carbocycles. The van der Waals surface area contributed by atoms with Crippen LogP contribution in [0.25, 0.3) is 0 Å². The van der Waals surface area contributed by atoms with E-state index in [1.165, 1.54) is 0 Å². The molecule has 4 heteroatoms. The second kappa shape index (κ2) is 5.10. The molecule has 1 heterocycles. The summed E-state index contributed by atoms with van der Waals surface area (Å²) in [6, 6.07) is 0. The van der Waals surface area contributed by atoms with E-state index < -0.39 is 0 Å². The first-order chi connectivity index (χ1) is 6.70. The third kappa shape index (κ3) is 2.32. The Morgan fingerprint density at radius 2 is 2.29 bits per heavy atom. The highest BCUT2D eigenvalue weighted by Gasteiger charge is 2.31. The van der Waals surface area contributed by atoms with E-state index in [0.717, 1.165) is 31.5 Å². The fourth-order valence-corrected chi connectivity index (χ4v) is 1.69. The van der Waals surface area contributed by atoms with Crippen molar-refractivity contribution in [3.8, 4) is 0 Å². The average molecular weight is 197 g/mol. The predicted octanol–water partition coefficient (Wildman–Crippen LogP) is 0.970. The zero-order valence-electron chi connectivity index (χ0n) is 8.99. The molecule has 1 aliphatic rings. The summed E-state index contributed by atoms with van der Waals surface area (Å²) in [6.07, 6.45) is 2.68. The predicted molar refractivity (Wildman–Crippen MR) is 56.9 cm³/mol. The molecule has 0 spiro atoms. The third-order valence-electron chi connectivity index (χ3n) is 2.47. The van der Waals surface area contributed by atoms with E-state index in [1.807, 2.05) is 13.8 Å². The highest BCUT2D eigenvalue weighted by atomic mass is 16.2. The number of hydrogen-bond acceptors (Lipinski definition) is 3. The second-order valence-corrected chi connectivity index (χ2v) is 3.69. The van der Waals surface area contributed by atoms with E-state index >= 15 is 0 Å². The van der Waals surface area contributed by atoms with Crippen molar-refractivity contribution in [2.24, 2.45) is 16.8 Å². The van der Waals surface area contributed by atoms with Gasteiger partial charge in [0.1, 0.15) is 0 Å². The van der Waals surface area contributed by atoms with Crippen LogP contribution in [-0.2, 0) is 4.79 Å². The van der Waals surface area contributed by atoms with E-state index in [0.29, 0.717) is 6.54 Å². The molecule has 14 heavy (non-hydrogen) atoms. The van der Waals surface area contributed by atoms with Gasteiger partial charge in [-0.1, -0.05) is 6.92 Å². The van der Waals surface area contributed by atoms with Crippen LogP contribution in [0.4, 0.5) is 0 Å². The molecule has 4 nitrogen and oxygen atoms in total. The minimum atomic E-state index is -0.00917. The van der Waals surface area contributed by atoms with Crippen molar-refractivity contribution in [1.82, 2.24) is 5.01 Å². The van der Waals surface area contributed by atoms with Crippen molar-refractivity contribution in [2.75, 3.05) is 13.1 Å². The van der Waals surface area contributed by atoms with Crippen LogP contribution in [0.15, 0.2) is 5.10 Å². The fraction of sp³-hybridized carbons (Fsp3) is 0.800. The lowest BCUT2D eigenvalue weighted by Gasteiger charge is -2.12. The summed E-state index contributed by atoms with van der Waals surface area (Å²) >= 11 is 0. The Balaban J connectivity index is 2.54. The molecule has 1 amide bonds. The molecule has 0 saturated carbocycles. The van der Waals surface area contributed by atoms with Gasteiger partial charge in [0.15, 0.2) is 0 Å². The maximum atomic E-state index is 11.8. The fourth-order valence-electron chi connectivity index (χ4n) is 1.69. The summed E-state index contributed by atoms with van der Waals surface area (Å²) in [5.41, 5.74) is 6.37. The van der Waals surface area contributed by atoms with E-state index in [2.05, 4.69) is 5.10 Å². The number of rotatable bonds is 5. The zero-order chi connectivity index (χ0) is 10.6. The lowest BCUT2D eigenvalue weighted by atomic mass is 9.98. The number of carbonyl (C=O) groups excluding carboxylic acids is 1. The molecule has 1 aliphatic heterocycles. The van der Waals surface area contributed by atoms with Gasteiger partial charge in [0.2, 0.25) is 0 Å². The van der Waals surface area contributed by atoms with Crippen LogP contribution in [-0.4, -0.2) is 29.7 Å². The van der Waals surface area contributed by atoms with E-state index in [-0.39, 0.29) is 11.8 Å². The van der Waals surface area contributed by atoms with Gasteiger partial charge in [-0.3, -0.25) is 4.79 Å². The highest BCUT2D eigenvalue weighted by Crippen LogP contribution is 2.20. The quantitative estimate of drug-likeness (QED) is 0.714. The summed E-state index contributed by atoms with van der Waals surface area (Å²) in [5, 5.41) is 5.85. The lowest BCUT2D eigenvalue weighted by Crippen LogP contribution is -2.28. The summed E-state index contributed by atoms with van der Waals surface area (Å²) in [5.74, 6) is 0.142. The summed E-state index contributed by atoms with van der Waals surface area (Å²) in [6.45, 7) is 5.35. The first-order valence-electron chi connectivity index (χ1n) is 5.27. The van der Waals surface area contributed by atoms with Crippen molar-refractivity contribution in [3.63, 3.8) is 0 Å². The molecule has 0 bridgehead atoms. The van der Waals surface area contributed by atoms with Crippen LogP contribution in [0.3, 0.4) is 0 Å². The molecule has 1 unspecified atom stereocenters. The van der Waals surface area contributed by atoms with E-state index in [9.17, 15) is 4.79 Å². The first-order valence-corrected chi connectivity index (χ1v) is 5.27. The Bertz CT molecular complexity index is 238. The number of hydrogen-bond donors (Lipinski definition) is 1. The monoisotopic (exact) mass is 197 g/mol. The van der Waals surface area contributed by atoms with Gasteiger partial charge in [0, 0.05) is 12.3 Å². The number of hydrazone groups is 1. The van der Waals surface area contributed by atoms with Gasteiger partial charge >= 0.3 is 0 Å². The molecule has 1 atom stereocenters. The third-order valence-corrected chi connectivity index (χ3v) is 2.47. The zero-order valence-corrected chi connectivity index (χ0v) is 8.99. The van der Waals surface area contributed by atoms with Crippen molar-refractivity contribution in [1.29, 1.82) is 0 Å². The largest absolute Gasteiger partial charge is 0.330 e. The summed E-state index contributed by atoms with van der Waals surface area (Å²) < 4.78 is 0. The minimum Gasteiger partial charge on any atom is -0.330 e. The van der Waals surface area contributed by atoms with E-state index in [1.54, 1.807) is 5.01 Å². The molecule has 0 aromatic heterocycles. The van der Waals surface area contributed by atoms with Crippen molar-refractivity contribution >= 4 is 11.6 Å². The van der Waals surface area contributed by atoms with Crippen LogP contribution >= 0.6 is 0 Å². The molecule has 80 valence electrons. The van der Waals surface area contributed by atoms with Crippen molar-refractivity contribution in [3.05, 3.63) is 0 Å². The maximum absolute atomic E-state index is 11.8. The average Bonchev–Trinajstić information content (AvgIpc) is 2.41. The molecular formula is C10H19N3O. The van der Waals surface area contributed by atoms with Crippen LogP contribution in [0, 0.1) is 5.92 Å². The van der Waals surface area contributed by atoms with Crippen LogP contribution in [0.2, 0.25) is 0 Å². The van der Waals surface area contributed by atoms with Crippen LogP contribution in [0.5, 0.6) is 0 Å². The number of nitrogens with zero attached hydrogens (tertiary/aromatic N) is 2. The van der Waals surface area contributed by atoms with Gasteiger partial charge < -0.3 is 5.73 Å². The topological polar surface area (TPSA) is 58.7 Å². The lowest BCUT2D eigenvalue weighted by molar-refractivity contribution is -0.131. The smallest absolute Gasteiger partial charge is 0.251 e. The van der Waals surface area contributed by atoms with Crippen LogP contribution < -0.4 is 5.73 Å². The SMILES string of the molecule is CCCN1N=C(C)C(CCCN)C1=O. The molecular weight excluding hydrogens is 178 g/mol. The van der Waals surface area contributed by atoms with Crippen LogP contribution in [0.1, 0.15) is 33.1 Å². The molecule has 2 N–H and O–H groups in total. The van der Waals surface area contributed by atoms with Gasteiger partial charge in [-0.05, 0) is 32.7 Å². The first kappa shape index (κ1) is 11.2. The summed E-state index contributed by atoms with van der Waals surface area (Å²) in [4.78, 5) is 11.8. The number of carbonyl (C=O) groups is 1. The normalized spacial score (nSPS) is 21.6. The molecule has 1 rings (SSSR count). The van der Waals surface area contributed by atoms with Crippen molar-refractivity contribution < 1.29 is 4.79 Å². The van der Waals surface area contributed by atoms with Gasteiger partial charge in [-0.2, -0.15) is 5.10 Å². The minimum absolute atomic E-state index is 0.00917. The Labute approximate surface area is 85.1 Å². The Morgan fingerprint density at radius 3 is 2.86 bits per heavy atom. The molecule has 0 saturated heterocycles. The van der Waals surface area contributed by atoms with Crippen molar-refractivity contribution in [2.45, 2.75) is 33.1 Å². The van der Waals surface area contributed by atoms with Gasteiger partial charge in [0.25, 0.3) is 5.91 Å². The standard InChI is InChI=1S/C10H19N3O/c1-3-7-13-10(14)9(5-4-6-11)8(2)12-13/h9H,3-7,11H2,1-2H3. The Kier molecular flexibility index (Phi) is 4.07. The molecule has 0 radical (unpaired) electrons. The molecule has 0 fully saturated rings. The van der Waals surface area contributed by atoms with Gasteiger partial charge in [-0.15, -0.1) is 0 Å². The number of amides is 1. The van der Waals surface area contributed by atoms with Gasteiger partial charge in [-0.25, -0.2) is 5.01 Å². The summed E-state index contributed by atoms with van der Waals surface area (Å²) in [7, 11) is 0. The molecule has 0 aliphatic carbocycles. The molecule has 0 aromatic rings. The maximum Gasteiger partial charge on any atom is 0.251 e. The second-order valence-electron chi connectivity index (χ2n) is 3.69. The van der Waals surface area contributed by atoms with E-state index in [4.69, 9.17) is 5.73 Å². The highest BCUT2D eigenvalue weighted by molar-refractivity contribution is 6.06. The number of nitrogens with two attached hydrogens (primary N) is 1.